The van der Waals surface area contributed by atoms with E-state index in [1.54, 1.807) is 24.3 Å². The van der Waals surface area contributed by atoms with Gasteiger partial charge >= 0.3 is 0 Å². The summed E-state index contributed by atoms with van der Waals surface area (Å²) in [6.07, 6.45) is 0. The smallest absolute Gasteiger partial charge is 0.241 e. The molecule has 0 fully saturated rings. The van der Waals surface area contributed by atoms with Crippen LogP contribution in [0.3, 0.4) is 0 Å². The van der Waals surface area contributed by atoms with E-state index >= 15 is 0 Å². The molecule has 20 heavy (non-hydrogen) atoms. The molecule has 0 saturated carbocycles. The molecule has 8 heteroatoms. The molecule has 1 aromatic rings. The zero-order valence-corrected chi connectivity index (χ0v) is 13.0. The maximum Gasteiger partial charge on any atom is 0.241 e. The highest BCUT2D eigenvalue weighted by Gasteiger charge is 2.17. The van der Waals surface area contributed by atoms with Crippen molar-refractivity contribution in [2.45, 2.75) is 25.6 Å². The lowest BCUT2D eigenvalue weighted by atomic mass is 10.0. The molecule has 1 aromatic carbocycles. The molecule has 6 nitrogen and oxygen atoms in total. The molecule has 0 aliphatic heterocycles. The molecule has 0 bridgehead atoms. The number of carbonyl (C=O) groups is 1. The second-order valence-corrected chi connectivity index (χ2v) is 6.38. The molecule has 1 atom stereocenters. The highest BCUT2D eigenvalue weighted by Crippen LogP contribution is 2.12. The van der Waals surface area contributed by atoms with Crippen molar-refractivity contribution in [3.63, 3.8) is 0 Å². The van der Waals surface area contributed by atoms with Crippen molar-refractivity contribution in [3.8, 4) is 0 Å². The maximum absolute atomic E-state index is 11.7. The van der Waals surface area contributed by atoms with Gasteiger partial charge in [0.2, 0.25) is 15.9 Å². The van der Waals surface area contributed by atoms with Gasteiger partial charge in [-0.25, -0.2) is 13.6 Å². The van der Waals surface area contributed by atoms with Crippen molar-refractivity contribution in [1.29, 1.82) is 0 Å². The highest BCUT2D eigenvalue weighted by molar-refractivity contribution is 7.88. The van der Waals surface area contributed by atoms with E-state index in [9.17, 15) is 13.2 Å². The Bertz CT molecular complexity index is 544. The average Bonchev–Trinajstić information content (AvgIpc) is 2.28. The maximum atomic E-state index is 11.7. The summed E-state index contributed by atoms with van der Waals surface area (Å²) in [7, 11) is -3.55. The van der Waals surface area contributed by atoms with Crippen LogP contribution in [0.2, 0.25) is 0 Å². The number of hydrogen-bond donors (Lipinski definition) is 3. The molecule has 0 aromatic heterocycles. The number of hydrogen-bond acceptors (Lipinski definition) is 4. The second kappa shape index (κ2) is 7.58. The Morgan fingerprint density at radius 3 is 2.15 bits per heavy atom. The molecule has 5 N–H and O–H groups in total. The number of rotatable bonds is 5. The van der Waals surface area contributed by atoms with Crippen LogP contribution in [0, 0.1) is 5.92 Å². The van der Waals surface area contributed by atoms with Gasteiger partial charge in [0.25, 0.3) is 0 Å². The molecular formula is C12H20ClN3O3S. The minimum Gasteiger partial charge on any atom is -0.325 e. The quantitative estimate of drug-likeness (QED) is 0.744. The minimum atomic E-state index is -3.55. The minimum absolute atomic E-state index is 0. The van der Waals surface area contributed by atoms with Crippen LogP contribution < -0.4 is 16.2 Å². The van der Waals surface area contributed by atoms with Crippen molar-refractivity contribution < 1.29 is 13.2 Å². The molecule has 0 saturated heterocycles. The Balaban J connectivity index is 0.00000361. The summed E-state index contributed by atoms with van der Waals surface area (Å²) in [5, 5.41) is 7.61. The number of amides is 1. The monoisotopic (exact) mass is 321 g/mol. The van der Waals surface area contributed by atoms with Crippen molar-refractivity contribution >= 4 is 34.0 Å². The largest absolute Gasteiger partial charge is 0.325 e. The molecule has 114 valence electrons. The first kappa shape index (κ1) is 18.9. The predicted molar refractivity (Wildman–Crippen MR) is 81.9 cm³/mol. The van der Waals surface area contributed by atoms with Crippen LogP contribution >= 0.6 is 12.4 Å². The van der Waals surface area contributed by atoms with E-state index in [1.165, 1.54) is 0 Å². The average molecular weight is 322 g/mol. The van der Waals surface area contributed by atoms with Crippen LogP contribution in [-0.4, -0.2) is 20.4 Å². The standard InChI is InChI=1S/C12H19N3O3S.ClH/c1-8(2)11(13)12(16)15-10-5-3-9(4-6-10)7-19(14,17)18;/h3-6,8,11H,7,13H2,1-2H3,(H,15,16)(H2,14,17,18);1H/t11-;/m0./s1. The van der Waals surface area contributed by atoms with Gasteiger partial charge in [-0.15, -0.1) is 12.4 Å². The SMILES string of the molecule is CC(C)[C@H](N)C(=O)Nc1ccc(CS(N)(=O)=O)cc1.Cl. The molecule has 0 aliphatic carbocycles. The van der Waals surface area contributed by atoms with Gasteiger partial charge in [-0.3, -0.25) is 4.79 Å². The number of primary sulfonamides is 1. The van der Waals surface area contributed by atoms with Gasteiger partial charge < -0.3 is 11.1 Å². The summed E-state index contributed by atoms with van der Waals surface area (Å²) in [5.41, 5.74) is 6.85. The third-order valence-corrected chi connectivity index (χ3v) is 3.35. The van der Waals surface area contributed by atoms with Crippen molar-refractivity contribution in [2.75, 3.05) is 5.32 Å². The van der Waals surface area contributed by atoms with Gasteiger partial charge in [0, 0.05) is 5.69 Å². The number of benzene rings is 1. The first-order valence-electron chi connectivity index (χ1n) is 5.85. The van der Waals surface area contributed by atoms with Crippen LogP contribution in [0.15, 0.2) is 24.3 Å². The second-order valence-electron chi connectivity index (χ2n) is 4.76. The highest BCUT2D eigenvalue weighted by atomic mass is 35.5. The molecule has 0 heterocycles. The van der Waals surface area contributed by atoms with E-state index in [0.717, 1.165) is 0 Å². The lowest BCUT2D eigenvalue weighted by Gasteiger charge is -2.15. The molecule has 0 aliphatic rings. The van der Waals surface area contributed by atoms with Crippen LogP contribution in [-0.2, 0) is 20.6 Å². The van der Waals surface area contributed by atoms with E-state index < -0.39 is 16.1 Å². The first-order valence-corrected chi connectivity index (χ1v) is 7.56. The van der Waals surface area contributed by atoms with Crippen LogP contribution in [0.1, 0.15) is 19.4 Å². The Morgan fingerprint density at radius 1 is 1.25 bits per heavy atom. The Morgan fingerprint density at radius 2 is 1.75 bits per heavy atom. The topological polar surface area (TPSA) is 115 Å². The van der Waals surface area contributed by atoms with Gasteiger partial charge in [0.05, 0.1) is 11.8 Å². The number of carbonyl (C=O) groups excluding carboxylic acids is 1. The van der Waals surface area contributed by atoms with E-state index in [4.69, 9.17) is 10.9 Å². The fourth-order valence-electron chi connectivity index (χ4n) is 1.44. The zero-order valence-electron chi connectivity index (χ0n) is 11.4. The Kier molecular flexibility index (Phi) is 7.15. The predicted octanol–water partition coefficient (Wildman–Crippen LogP) is 0.819. The molecule has 1 rings (SSSR count). The van der Waals surface area contributed by atoms with Crippen LogP contribution in [0.25, 0.3) is 0 Å². The number of nitrogens with two attached hydrogens (primary N) is 2. The Labute approximate surface area is 125 Å². The molecule has 1 amide bonds. The summed E-state index contributed by atoms with van der Waals surface area (Å²) in [6.45, 7) is 3.72. The van der Waals surface area contributed by atoms with Crippen LogP contribution in [0.5, 0.6) is 0 Å². The number of sulfonamides is 1. The van der Waals surface area contributed by atoms with E-state index in [2.05, 4.69) is 5.32 Å². The van der Waals surface area contributed by atoms with E-state index in [1.807, 2.05) is 13.8 Å². The first-order chi connectivity index (χ1) is 8.69. The lowest BCUT2D eigenvalue weighted by Crippen LogP contribution is -2.39. The van der Waals surface area contributed by atoms with E-state index in [-0.39, 0.29) is 30.0 Å². The number of anilines is 1. The van der Waals surface area contributed by atoms with Crippen molar-refractivity contribution in [2.24, 2.45) is 16.8 Å². The zero-order chi connectivity index (χ0) is 14.6. The van der Waals surface area contributed by atoms with Gasteiger partial charge in [-0.2, -0.15) is 0 Å². The summed E-state index contributed by atoms with van der Waals surface area (Å²) in [6, 6.07) is 5.85. The third-order valence-electron chi connectivity index (χ3n) is 2.61. The van der Waals surface area contributed by atoms with Gasteiger partial charge in [0.15, 0.2) is 0 Å². The summed E-state index contributed by atoms with van der Waals surface area (Å²) in [5.74, 6) is -0.455. The molecular weight excluding hydrogens is 302 g/mol. The summed E-state index contributed by atoms with van der Waals surface area (Å²) >= 11 is 0. The fraction of sp³-hybridized carbons (Fsp3) is 0.417. The van der Waals surface area contributed by atoms with Gasteiger partial charge in [-0.1, -0.05) is 26.0 Å². The molecule has 0 unspecified atom stereocenters. The number of nitrogens with one attached hydrogen (secondary N) is 1. The lowest BCUT2D eigenvalue weighted by molar-refractivity contribution is -0.118. The van der Waals surface area contributed by atoms with Crippen LogP contribution in [0.4, 0.5) is 5.69 Å². The van der Waals surface area contributed by atoms with Crippen molar-refractivity contribution in [3.05, 3.63) is 29.8 Å². The fourth-order valence-corrected chi connectivity index (χ4v) is 2.10. The number of halogens is 1. The van der Waals surface area contributed by atoms with Crippen molar-refractivity contribution in [1.82, 2.24) is 0 Å². The molecule has 0 radical (unpaired) electrons. The third kappa shape index (κ3) is 6.33. The summed E-state index contributed by atoms with van der Waals surface area (Å²) < 4.78 is 21.8. The van der Waals surface area contributed by atoms with Gasteiger partial charge in [-0.05, 0) is 23.6 Å². The van der Waals surface area contributed by atoms with Gasteiger partial charge in [0.1, 0.15) is 0 Å². The summed E-state index contributed by atoms with van der Waals surface area (Å²) in [4.78, 5) is 11.7. The normalized spacial score (nSPS) is 12.7. The van der Waals surface area contributed by atoms with E-state index in [0.29, 0.717) is 11.3 Å². The Hall–Kier alpha value is -1.15. The molecule has 0 spiro atoms.